The van der Waals surface area contributed by atoms with Gasteiger partial charge in [-0.05, 0) is 26.8 Å². The smallest absolute Gasteiger partial charge is 0.417 e. The number of carbonyl (C=O) groups is 1. The largest absolute Gasteiger partial charge is 0.444 e. The van der Waals surface area contributed by atoms with Crippen molar-refractivity contribution in [1.29, 1.82) is 0 Å². The van der Waals surface area contributed by atoms with E-state index < -0.39 is 53.6 Å². The van der Waals surface area contributed by atoms with Crippen molar-refractivity contribution < 1.29 is 40.6 Å². The minimum Gasteiger partial charge on any atom is -0.444 e. The van der Waals surface area contributed by atoms with Gasteiger partial charge in [0.05, 0.1) is 31.2 Å². The third-order valence-electron chi connectivity index (χ3n) is 3.74. The third-order valence-corrected chi connectivity index (χ3v) is 3.74. The number of halogens is 6. The van der Waals surface area contributed by atoms with Gasteiger partial charge in [-0.2, -0.15) is 22.0 Å². The molecule has 0 saturated carbocycles. The Morgan fingerprint density at radius 2 is 1.97 bits per heavy atom. The molecule has 164 valence electrons. The zero-order valence-electron chi connectivity index (χ0n) is 15.9. The van der Waals surface area contributed by atoms with Crippen molar-refractivity contribution in [2.24, 2.45) is 0 Å². The number of morpholine rings is 1. The number of anilines is 1. The Kier molecular flexibility index (Phi) is 6.55. The van der Waals surface area contributed by atoms with E-state index >= 15 is 0 Å². The van der Waals surface area contributed by atoms with Gasteiger partial charge in [-0.25, -0.2) is 14.2 Å². The quantitative estimate of drug-likeness (QED) is 0.572. The number of carbonyl (C=O) groups excluding carboxylic acids is 1. The van der Waals surface area contributed by atoms with Crippen molar-refractivity contribution in [2.75, 3.05) is 25.0 Å². The lowest BCUT2D eigenvalue weighted by atomic mass is 10.1. The number of hydrogen-bond acceptors (Lipinski definition) is 5. The van der Waals surface area contributed by atoms with Crippen LogP contribution in [0.15, 0.2) is 12.3 Å². The second kappa shape index (κ2) is 8.25. The normalized spacial score (nSPS) is 18.5. The number of ether oxygens (including phenoxy) is 2. The fourth-order valence-electron chi connectivity index (χ4n) is 2.53. The van der Waals surface area contributed by atoms with Crippen molar-refractivity contribution in [2.45, 2.75) is 51.1 Å². The molecular formula is C17H21F6N3O3. The van der Waals surface area contributed by atoms with Crippen LogP contribution in [-0.2, 0) is 15.7 Å². The van der Waals surface area contributed by atoms with Gasteiger partial charge in [0.25, 0.3) is 0 Å². The molecule has 1 unspecified atom stereocenters. The number of aromatic nitrogens is 1. The lowest BCUT2D eigenvalue weighted by Gasteiger charge is -2.35. The van der Waals surface area contributed by atoms with Crippen molar-refractivity contribution >= 4 is 11.9 Å². The molecule has 1 N–H and O–H groups in total. The zero-order chi connectivity index (χ0) is 22.0. The van der Waals surface area contributed by atoms with Gasteiger partial charge in [0.1, 0.15) is 5.60 Å². The second-order valence-electron chi connectivity index (χ2n) is 7.50. The van der Waals surface area contributed by atoms with Crippen LogP contribution in [0.1, 0.15) is 32.8 Å². The molecule has 2 heterocycles. The maximum atomic E-state index is 14.3. The van der Waals surface area contributed by atoms with Gasteiger partial charge >= 0.3 is 18.3 Å². The predicted octanol–water partition coefficient (Wildman–Crippen LogP) is 4.27. The Balaban J connectivity index is 2.01. The summed E-state index contributed by atoms with van der Waals surface area (Å²) in [5, 5.41) is 1.49. The van der Waals surface area contributed by atoms with Crippen molar-refractivity contribution in [1.82, 2.24) is 9.88 Å². The molecule has 12 heteroatoms. The van der Waals surface area contributed by atoms with Gasteiger partial charge in [-0.1, -0.05) is 0 Å². The first kappa shape index (κ1) is 23.0. The Hall–Kier alpha value is -2.24. The van der Waals surface area contributed by atoms with Crippen LogP contribution in [0, 0.1) is 5.82 Å². The zero-order valence-corrected chi connectivity index (χ0v) is 15.9. The molecule has 1 amide bonds. The number of amides is 1. The molecule has 29 heavy (non-hydrogen) atoms. The summed E-state index contributed by atoms with van der Waals surface area (Å²) >= 11 is 0. The molecule has 1 saturated heterocycles. The second-order valence-corrected chi connectivity index (χ2v) is 7.50. The lowest BCUT2D eigenvalue weighted by Crippen LogP contribution is -2.49. The van der Waals surface area contributed by atoms with Crippen LogP contribution in [0.5, 0.6) is 0 Å². The number of rotatable bonds is 4. The molecule has 0 radical (unpaired) electrons. The molecule has 2 rings (SSSR count). The number of alkyl halides is 5. The molecule has 0 bridgehead atoms. The maximum Gasteiger partial charge on any atom is 0.417 e. The van der Waals surface area contributed by atoms with Gasteiger partial charge in [-0.15, -0.1) is 0 Å². The van der Waals surface area contributed by atoms with Crippen LogP contribution in [0.4, 0.5) is 37.0 Å². The standard InChI is InChI=1S/C17H21F6N3O3/c1-15(2,3)29-14(27)26-4-5-28-11(9-26)7-16(19,20)25-13-12(18)6-10(8-24-13)17(21,22)23/h6,8,11H,4-5,7,9H2,1-3H3,(H,24,25). The van der Waals surface area contributed by atoms with E-state index in [4.69, 9.17) is 9.47 Å². The molecule has 1 aliphatic rings. The van der Waals surface area contributed by atoms with Crippen molar-refractivity contribution in [3.63, 3.8) is 0 Å². The van der Waals surface area contributed by atoms with Gasteiger partial charge in [0, 0.05) is 12.7 Å². The molecule has 1 atom stereocenters. The average molecular weight is 429 g/mol. The molecule has 0 aliphatic carbocycles. The number of hydrogen-bond donors (Lipinski definition) is 1. The Bertz CT molecular complexity index is 736. The maximum absolute atomic E-state index is 14.3. The van der Waals surface area contributed by atoms with Crippen LogP contribution < -0.4 is 5.32 Å². The Morgan fingerprint density at radius 1 is 1.31 bits per heavy atom. The highest BCUT2D eigenvalue weighted by Gasteiger charge is 2.38. The number of pyridine rings is 1. The summed E-state index contributed by atoms with van der Waals surface area (Å²) in [6.07, 6.45) is -7.35. The summed E-state index contributed by atoms with van der Waals surface area (Å²) < 4.78 is 90.2. The van der Waals surface area contributed by atoms with Crippen LogP contribution in [0.3, 0.4) is 0 Å². The monoisotopic (exact) mass is 429 g/mol. The fourth-order valence-corrected chi connectivity index (χ4v) is 2.53. The van der Waals surface area contributed by atoms with E-state index in [0.717, 1.165) is 0 Å². The molecule has 1 aromatic rings. The Labute approximate surface area is 163 Å². The fraction of sp³-hybridized carbons (Fsp3) is 0.647. The van der Waals surface area contributed by atoms with Gasteiger partial charge in [0.15, 0.2) is 11.6 Å². The van der Waals surface area contributed by atoms with E-state index in [1.165, 1.54) is 10.2 Å². The van der Waals surface area contributed by atoms with Crippen LogP contribution in [0.2, 0.25) is 0 Å². The summed E-state index contributed by atoms with van der Waals surface area (Å²) in [6.45, 7) is 4.94. The summed E-state index contributed by atoms with van der Waals surface area (Å²) in [5.74, 6) is -2.60. The number of nitrogens with zero attached hydrogens (tertiary/aromatic N) is 2. The highest BCUT2D eigenvalue weighted by Crippen LogP contribution is 2.32. The minimum atomic E-state index is -4.85. The number of nitrogens with one attached hydrogen (secondary N) is 1. The molecule has 1 aliphatic heterocycles. The van der Waals surface area contributed by atoms with E-state index in [-0.39, 0.29) is 32.0 Å². The highest BCUT2D eigenvalue weighted by molar-refractivity contribution is 5.68. The van der Waals surface area contributed by atoms with Crippen molar-refractivity contribution in [3.8, 4) is 0 Å². The summed E-state index contributed by atoms with van der Waals surface area (Å²) in [5.41, 5.74) is -2.16. The first-order valence-electron chi connectivity index (χ1n) is 8.64. The van der Waals surface area contributed by atoms with E-state index in [0.29, 0.717) is 0 Å². The average Bonchev–Trinajstić information content (AvgIpc) is 2.54. The van der Waals surface area contributed by atoms with Crippen LogP contribution in [-0.4, -0.2) is 53.4 Å². The van der Waals surface area contributed by atoms with Gasteiger partial charge in [-0.3, -0.25) is 0 Å². The topological polar surface area (TPSA) is 63.7 Å². The Morgan fingerprint density at radius 3 is 2.52 bits per heavy atom. The van der Waals surface area contributed by atoms with Crippen LogP contribution in [0.25, 0.3) is 0 Å². The molecule has 1 fully saturated rings. The molecule has 6 nitrogen and oxygen atoms in total. The first-order chi connectivity index (χ1) is 13.2. The SMILES string of the molecule is CC(C)(C)OC(=O)N1CCOC(CC(F)(F)Nc2ncc(C(F)(F)F)cc2F)C1. The van der Waals surface area contributed by atoms with E-state index in [1.807, 2.05) is 0 Å². The summed E-state index contributed by atoms with van der Waals surface area (Å²) in [7, 11) is 0. The highest BCUT2D eigenvalue weighted by atomic mass is 19.4. The van der Waals surface area contributed by atoms with E-state index in [9.17, 15) is 31.1 Å². The van der Waals surface area contributed by atoms with Gasteiger partial charge in [0.2, 0.25) is 0 Å². The van der Waals surface area contributed by atoms with E-state index in [2.05, 4.69) is 4.98 Å². The molecule has 1 aromatic heterocycles. The molecular weight excluding hydrogens is 408 g/mol. The van der Waals surface area contributed by atoms with E-state index in [1.54, 1.807) is 20.8 Å². The summed E-state index contributed by atoms with van der Waals surface area (Å²) in [4.78, 5) is 16.4. The molecule has 0 aromatic carbocycles. The molecule has 0 spiro atoms. The van der Waals surface area contributed by atoms with Crippen molar-refractivity contribution in [3.05, 3.63) is 23.6 Å². The van der Waals surface area contributed by atoms with Crippen LogP contribution >= 0.6 is 0 Å². The van der Waals surface area contributed by atoms with Gasteiger partial charge < -0.3 is 19.7 Å². The predicted molar refractivity (Wildman–Crippen MR) is 89.9 cm³/mol. The summed E-state index contributed by atoms with van der Waals surface area (Å²) in [6, 6.07) is -3.68. The third kappa shape index (κ3) is 6.94. The minimum absolute atomic E-state index is 0.00706. The first-order valence-corrected chi connectivity index (χ1v) is 8.64. The lowest BCUT2D eigenvalue weighted by molar-refractivity contribution is -0.138.